The van der Waals surface area contributed by atoms with Gasteiger partial charge in [-0.25, -0.2) is 4.79 Å². The highest BCUT2D eigenvalue weighted by Crippen LogP contribution is 2.19. The van der Waals surface area contributed by atoms with Crippen LogP contribution in [0.5, 0.6) is 0 Å². The number of esters is 1. The Morgan fingerprint density at radius 1 is 0.900 bits per heavy atom. The van der Waals surface area contributed by atoms with Crippen molar-refractivity contribution in [1.82, 2.24) is 0 Å². The zero-order valence-electron chi connectivity index (χ0n) is 11.3. The molecule has 0 bridgehead atoms. The van der Waals surface area contributed by atoms with Crippen LogP contribution in [0.2, 0.25) is 0 Å². The molecule has 2 rings (SSSR count). The Labute approximate surface area is 118 Å². The summed E-state index contributed by atoms with van der Waals surface area (Å²) in [6.45, 7) is 0. The minimum Gasteiger partial charge on any atom is -0.463 e. The van der Waals surface area contributed by atoms with Crippen LogP contribution in [-0.4, -0.2) is 18.9 Å². The molecule has 0 saturated heterocycles. The van der Waals surface area contributed by atoms with Gasteiger partial charge in [-0.3, -0.25) is 4.79 Å². The largest absolute Gasteiger partial charge is 0.463 e. The fraction of sp³-hybridized carbons (Fsp3) is 0.176. The maximum absolute atomic E-state index is 11.4. The summed E-state index contributed by atoms with van der Waals surface area (Å²) in [5.74, 6) is -1.26. The SMILES string of the molecule is COC(=O)C(=O)CCc1ccc(-c2ccccc2)cc1. The first-order valence-electron chi connectivity index (χ1n) is 6.46. The normalized spacial score (nSPS) is 10.1. The van der Waals surface area contributed by atoms with E-state index in [2.05, 4.69) is 16.9 Å². The van der Waals surface area contributed by atoms with Gasteiger partial charge in [-0.05, 0) is 23.1 Å². The molecule has 0 spiro atoms. The summed E-state index contributed by atoms with van der Waals surface area (Å²) in [6, 6.07) is 18.1. The highest BCUT2D eigenvalue weighted by Gasteiger charge is 2.13. The van der Waals surface area contributed by atoms with Gasteiger partial charge < -0.3 is 4.74 Å². The molecule has 3 nitrogen and oxygen atoms in total. The summed E-state index contributed by atoms with van der Waals surface area (Å²) in [5.41, 5.74) is 3.32. The molecule has 2 aromatic rings. The summed E-state index contributed by atoms with van der Waals surface area (Å²) >= 11 is 0. The summed E-state index contributed by atoms with van der Waals surface area (Å²) < 4.78 is 4.39. The number of carbonyl (C=O) groups is 2. The first-order chi connectivity index (χ1) is 9.70. The van der Waals surface area contributed by atoms with Crippen molar-refractivity contribution in [3.8, 4) is 11.1 Å². The molecule has 102 valence electrons. The average molecular weight is 268 g/mol. The molecular formula is C17H16O3. The average Bonchev–Trinajstić information content (AvgIpc) is 2.53. The number of benzene rings is 2. The zero-order valence-corrected chi connectivity index (χ0v) is 11.3. The van der Waals surface area contributed by atoms with Crippen molar-refractivity contribution in [2.24, 2.45) is 0 Å². The van der Waals surface area contributed by atoms with Gasteiger partial charge in [0.05, 0.1) is 7.11 Å². The van der Waals surface area contributed by atoms with E-state index in [0.29, 0.717) is 6.42 Å². The standard InChI is InChI=1S/C17H16O3/c1-20-17(19)16(18)12-9-13-7-10-15(11-8-13)14-5-3-2-4-6-14/h2-8,10-11H,9,12H2,1H3. The van der Waals surface area contributed by atoms with Crippen molar-refractivity contribution < 1.29 is 14.3 Å². The molecule has 0 amide bonds. The van der Waals surface area contributed by atoms with Crippen LogP contribution in [0.3, 0.4) is 0 Å². The van der Waals surface area contributed by atoms with Gasteiger partial charge in [0.2, 0.25) is 5.78 Å². The zero-order chi connectivity index (χ0) is 14.4. The topological polar surface area (TPSA) is 43.4 Å². The molecule has 0 heterocycles. The number of methoxy groups -OCH3 is 1. The fourth-order valence-corrected chi connectivity index (χ4v) is 1.97. The van der Waals surface area contributed by atoms with E-state index in [-0.39, 0.29) is 6.42 Å². The third-order valence-electron chi connectivity index (χ3n) is 3.11. The lowest BCUT2D eigenvalue weighted by atomic mass is 10.0. The minimum atomic E-state index is -0.772. The highest BCUT2D eigenvalue weighted by molar-refractivity contribution is 6.33. The summed E-state index contributed by atoms with van der Waals surface area (Å²) in [7, 11) is 1.22. The Hall–Kier alpha value is -2.42. The predicted octanol–water partition coefficient (Wildman–Crippen LogP) is 3.03. The van der Waals surface area contributed by atoms with E-state index >= 15 is 0 Å². The predicted molar refractivity (Wildman–Crippen MR) is 77.2 cm³/mol. The quantitative estimate of drug-likeness (QED) is 0.618. The Kier molecular flexibility index (Phi) is 4.66. The van der Waals surface area contributed by atoms with Crippen LogP contribution in [-0.2, 0) is 20.7 Å². The van der Waals surface area contributed by atoms with E-state index in [0.717, 1.165) is 16.7 Å². The second-order valence-corrected chi connectivity index (χ2v) is 4.48. The lowest BCUT2D eigenvalue weighted by Gasteiger charge is -2.04. The van der Waals surface area contributed by atoms with Crippen LogP contribution in [0.4, 0.5) is 0 Å². The van der Waals surface area contributed by atoms with E-state index in [1.165, 1.54) is 7.11 Å². The molecule has 0 aromatic heterocycles. The van der Waals surface area contributed by atoms with Crippen molar-refractivity contribution in [3.63, 3.8) is 0 Å². The van der Waals surface area contributed by atoms with Gasteiger partial charge >= 0.3 is 5.97 Å². The first-order valence-corrected chi connectivity index (χ1v) is 6.46. The van der Waals surface area contributed by atoms with Crippen LogP contribution in [0, 0.1) is 0 Å². The third kappa shape index (κ3) is 3.54. The molecule has 0 fully saturated rings. The Balaban J connectivity index is 1.99. The Morgan fingerprint density at radius 3 is 2.10 bits per heavy atom. The second kappa shape index (κ2) is 6.66. The molecule has 0 aliphatic heterocycles. The fourth-order valence-electron chi connectivity index (χ4n) is 1.97. The van der Waals surface area contributed by atoms with E-state index in [9.17, 15) is 9.59 Å². The Morgan fingerprint density at radius 2 is 1.50 bits per heavy atom. The van der Waals surface area contributed by atoms with Gasteiger partial charge in [0.25, 0.3) is 0 Å². The third-order valence-corrected chi connectivity index (χ3v) is 3.11. The number of aryl methyl sites for hydroxylation is 1. The van der Waals surface area contributed by atoms with Crippen molar-refractivity contribution in [2.75, 3.05) is 7.11 Å². The van der Waals surface area contributed by atoms with Crippen LogP contribution in [0.1, 0.15) is 12.0 Å². The number of ether oxygens (including phenoxy) is 1. The van der Waals surface area contributed by atoms with Crippen LogP contribution >= 0.6 is 0 Å². The maximum Gasteiger partial charge on any atom is 0.374 e. The highest BCUT2D eigenvalue weighted by atomic mass is 16.5. The monoisotopic (exact) mass is 268 g/mol. The van der Waals surface area contributed by atoms with Gasteiger partial charge in [-0.2, -0.15) is 0 Å². The summed E-state index contributed by atoms with van der Waals surface area (Å²) in [5, 5.41) is 0. The number of ketones is 1. The van der Waals surface area contributed by atoms with E-state index in [1.54, 1.807) is 0 Å². The molecule has 0 radical (unpaired) electrons. The molecule has 3 heteroatoms. The lowest BCUT2D eigenvalue weighted by Crippen LogP contribution is -2.15. The van der Waals surface area contributed by atoms with Gasteiger partial charge in [0.1, 0.15) is 0 Å². The lowest BCUT2D eigenvalue weighted by molar-refractivity contribution is -0.151. The van der Waals surface area contributed by atoms with Gasteiger partial charge in [-0.1, -0.05) is 54.6 Å². The minimum absolute atomic E-state index is 0.178. The molecule has 2 aromatic carbocycles. The molecule has 0 unspecified atom stereocenters. The first kappa shape index (κ1) is 14.0. The van der Waals surface area contributed by atoms with Crippen molar-refractivity contribution in [3.05, 3.63) is 60.2 Å². The Bertz CT molecular complexity index is 585. The number of Topliss-reactive ketones (excluding diaryl/α,β-unsaturated/α-hetero) is 1. The van der Waals surface area contributed by atoms with E-state index < -0.39 is 11.8 Å². The van der Waals surface area contributed by atoms with Gasteiger partial charge in [0.15, 0.2) is 0 Å². The maximum atomic E-state index is 11.4. The van der Waals surface area contributed by atoms with Crippen LogP contribution in [0.25, 0.3) is 11.1 Å². The molecule has 0 aliphatic carbocycles. The molecule has 0 saturated carbocycles. The number of hydrogen-bond donors (Lipinski definition) is 0. The summed E-state index contributed by atoms with van der Waals surface area (Å²) in [4.78, 5) is 22.4. The summed E-state index contributed by atoms with van der Waals surface area (Å²) in [6.07, 6.45) is 0.723. The molecule has 0 aliphatic rings. The van der Waals surface area contributed by atoms with E-state index in [1.807, 2.05) is 42.5 Å². The smallest absolute Gasteiger partial charge is 0.374 e. The number of carbonyl (C=O) groups excluding carboxylic acids is 2. The van der Waals surface area contributed by atoms with Crippen molar-refractivity contribution in [1.29, 1.82) is 0 Å². The number of hydrogen-bond acceptors (Lipinski definition) is 3. The van der Waals surface area contributed by atoms with Crippen molar-refractivity contribution in [2.45, 2.75) is 12.8 Å². The molecule has 20 heavy (non-hydrogen) atoms. The molecule has 0 N–H and O–H groups in total. The van der Waals surface area contributed by atoms with Crippen LogP contribution in [0.15, 0.2) is 54.6 Å². The van der Waals surface area contributed by atoms with Crippen LogP contribution < -0.4 is 0 Å². The second-order valence-electron chi connectivity index (χ2n) is 4.48. The molecular weight excluding hydrogens is 252 g/mol. The number of rotatable bonds is 5. The van der Waals surface area contributed by atoms with Crippen molar-refractivity contribution >= 4 is 11.8 Å². The van der Waals surface area contributed by atoms with Gasteiger partial charge in [-0.15, -0.1) is 0 Å². The van der Waals surface area contributed by atoms with Gasteiger partial charge in [0, 0.05) is 6.42 Å². The van der Waals surface area contributed by atoms with E-state index in [4.69, 9.17) is 0 Å². The molecule has 0 atom stereocenters.